The first-order valence-corrected chi connectivity index (χ1v) is 16.6. The average molecular weight is 627 g/mol. The van der Waals surface area contributed by atoms with Crippen molar-refractivity contribution < 1.29 is 14.0 Å². The first kappa shape index (κ1) is 28.6. The fourth-order valence-corrected chi connectivity index (χ4v) is 8.15. The number of hydrogen-bond acceptors (Lipinski definition) is 2. The van der Waals surface area contributed by atoms with Crippen molar-refractivity contribution in [1.29, 1.82) is 0 Å². The van der Waals surface area contributed by atoms with Gasteiger partial charge in [0.1, 0.15) is 5.75 Å². The van der Waals surface area contributed by atoms with E-state index in [0.717, 1.165) is 73.0 Å². The maximum absolute atomic E-state index is 14.4. The molecule has 4 nitrogen and oxygen atoms in total. The van der Waals surface area contributed by atoms with Gasteiger partial charge in [-0.3, -0.25) is 0 Å². The Morgan fingerprint density at radius 2 is 0.979 bits per heavy atom. The third-order valence-corrected chi connectivity index (χ3v) is 9.98. The Labute approximate surface area is 277 Å². The molecule has 0 unspecified atom stereocenters. The predicted molar refractivity (Wildman–Crippen MR) is 199 cm³/mol. The molecule has 2 aromatic heterocycles. The molecular weight excluding hydrogens is 594 g/mol. The Kier molecular flexibility index (Phi) is 6.56. The lowest BCUT2D eigenvalue weighted by Gasteiger charge is -2.20. The second-order valence-corrected chi connectivity index (χ2v) is 12.3. The van der Waals surface area contributed by atoms with Gasteiger partial charge in [0.2, 0.25) is 0 Å². The average Bonchev–Trinajstić information content (AvgIpc) is 3.63. The number of halogens is 1. The number of aryl methyl sites for hydroxylation is 2. The summed E-state index contributed by atoms with van der Waals surface area (Å²) in [6, 6.07) is 44.2. The van der Waals surface area contributed by atoms with Crippen LogP contribution < -0.4 is 4.65 Å². The highest BCUT2D eigenvalue weighted by atomic mass is 19.1. The summed E-state index contributed by atoms with van der Waals surface area (Å²) >= 11 is 0. The van der Waals surface area contributed by atoms with Crippen LogP contribution in [0, 0.1) is 0 Å². The Morgan fingerprint density at radius 1 is 0.521 bits per heavy atom. The maximum Gasteiger partial charge on any atom is 0.751 e. The van der Waals surface area contributed by atoms with E-state index >= 15 is 0 Å². The van der Waals surface area contributed by atoms with E-state index < -0.39 is 7.40 Å². The van der Waals surface area contributed by atoms with Gasteiger partial charge < -0.3 is 18.8 Å². The van der Waals surface area contributed by atoms with Crippen LogP contribution in [-0.4, -0.2) is 21.6 Å². The lowest BCUT2D eigenvalue weighted by atomic mass is 9.86. The molecule has 0 radical (unpaired) electrons. The van der Waals surface area contributed by atoms with Crippen LogP contribution in [0.2, 0.25) is 0 Å². The van der Waals surface area contributed by atoms with Crippen LogP contribution in [0.15, 0.2) is 127 Å². The number of aromatic nitrogens is 2. The first-order chi connectivity index (χ1) is 23.6. The Hall–Kier alpha value is -5.59. The van der Waals surface area contributed by atoms with Crippen LogP contribution in [0.25, 0.3) is 87.4 Å². The molecule has 0 aliphatic carbocycles. The van der Waals surface area contributed by atoms with Crippen LogP contribution in [-0.2, 0) is 13.1 Å². The molecule has 0 bridgehead atoms. The molecule has 0 fully saturated rings. The van der Waals surface area contributed by atoms with Crippen LogP contribution in [0.4, 0.5) is 4.32 Å². The second kappa shape index (κ2) is 11.0. The van der Waals surface area contributed by atoms with E-state index in [1.54, 1.807) is 6.07 Å². The van der Waals surface area contributed by atoms with E-state index in [0.29, 0.717) is 0 Å². The molecule has 0 aliphatic rings. The lowest BCUT2D eigenvalue weighted by Crippen LogP contribution is -2.15. The van der Waals surface area contributed by atoms with Crippen LogP contribution in [0.3, 0.4) is 0 Å². The minimum atomic E-state index is -2.47. The van der Waals surface area contributed by atoms with Gasteiger partial charge in [0.05, 0.1) is 11.0 Å². The van der Waals surface area contributed by atoms with Crippen molar-refractivity contribution in [3.05, 3.63) is 127 Å². The Balaban J connectivity index is 1.46. The molecule has 232 valence electrons. The van der Waals surface area contributed by atoms with Gasteiger partial charge in [0.25, 0.3) is 0 Å². The molecule has 0 spiro atoms. The number of benzene rings is 7. The van der Waals surface area contributed by atoms with Gasteiger partial charge in [-0.1, -0.05) is 97.1 Å². The Bertz CT molecular complexity index is 2720. The third kappa shape index (κ3) is 4.06. The van der Waals surface area contributed by atoms with Gasteiger partial charge in [-0.25, -0.2) is 4.32 Å². The van der Waals surface area contributed by atoms with Crippen LogP contribution in [0.5, 0.6) is 5.75 Å². The summed E-state index contributed by atoms with van der Waals surface area (Å²) in [4.78, 5) is 0. The highest BCUT2D eigenvalue weighted by molar-refractivity contribution is 6.35. The summed E-state index contributed by atoms with van der Waals surface area (Å²) in [5.74, 6) is 0.284. The van der Waals surface area contributed by atoms with Crippen molar-refractivity contribution in [3.63, 3.8) is 0 Å². The molecule has 1 N–H and O–H groups in total. The zero-order chi connectivity index (χ0) is 32.5. The molecule has 9 aromatic rings. The molecule has 0 saturated carbocycles. The summed E-state index contributed by atoms with van der Waals surface area (Å²) in [7, 11) is -2.47. The van der Waals surface area contributed by atoms with Crippen molar-refractivity contribution in [2.45, 2.75) is 26.9 Å². The van der Waals surface area contributed by atoms with Gasteiger partial charge in [0.15, 0.2) is 0 Å². The van der Waals surface area contributed by atoms with E-state index in [1.165, 1.54) is 27.5 Å². The first-order valence-electron chi connectivity index (χ1n) is 16.6. The highest BCUT2D eigenvalue weighted by Crippen LogP contribution is 2.49. The molecule has 7 aromatic carbocycles. The summed E-state index contributed by atoms with van der Waals surface area (Å²) in [5.41, 5.74) is 8.32. The molecule has 48 heavy (non-hydrogen) atoms. The zero-order valence-electron chi connectivity index (χ0n) is 26.7. The predicted octanol–water partition coefficient (Wildman–Crippen LogP) is 10.9. The van der Waals surface area contributed by atoms with E-state index in [9.17, 15) is 9.34 Å². The fraction of sp³-hybridized carbons (Fsp3) is 0.0952. The van der Waals surface area contributed by atoms with Gasteiger partial charge in [-0.05, 0) is 71.6 Å². The monoisotopic (exact) mass is 626 g/mol. The SMILES string of the molecule is CCn1c2ccccc2c2cc(-c3cccc(OB(O)F)c3-c3cc4c5ccccc5n(CC)c4c4ccccc34)c3ccccc3c21. The van der Waals surface area contributed by atoms with Crippen molar-refractivity contribution in [1.82, 2.24) is 9.13 Å². The number of para-hydroxylation sites is 2. The quantitative estimate of drug-likeness (QED) is 0.187. The molecule has 0 amide bonds. The number of rotatable bonds is 6. The normalized spacial score (nSPS) is 11.9. The number of hydrogen-bond donors (Lipinski definition) is 1. The number of nitrogens with zero attached hydrogens (tertiary/aromatic N) is 2. The van der Waals surface area contributed by atoms with Crippen LogP contribution >= 0.6 is 0 Å². The van der Waals surface area contributed by atoms with Crippen molar-refractivity contribution in [2.24, 2.45) is 0 Å². The topological polar surface area (TPSA) is 39.3 Å². The molecule has 2 heterocycles. The standard InChI is InChI=1S/C42H32BFN2O2/c1-3-45-37-21-11-9-16-28(37)35-24-33(26-14-5-7-18-31(26)41(35)45)30-20-13-23-39(48-43(44)47)40(30)34-25-36-29-17-10-12-22-38(29)46(4-2)42(36)32-19-8-6-15-27(32)34/h5-25,47H,3-4H2,1-2H3. The van der Waals surface area contributed by atoms with E-state index in [4.69, 9.17) is 4.65 Å². The molecule has 9 rings (SSSR count). The van der Waals surface area contributed by atoms with Crippen molar-refractivity contribution in [2.75, 3.05) is 0 Å². The van der Waals surface area contributed by atoms with E-state index in [2.05, 4.69) is 132 Å². The van der Waals surface area contributed by atoms with E-state index in [-0.39, 0.29) is 5.75 Å². The van der Waals surface area contributed by atoms with Crippen molar-refractivity contribution in [3.8, 4) is 28.0 Å². The third-order valence-electron chi connectivity index (χ3n) is 9.98. The Morgan fingerprint density at radius 3 is 1.50 bits per heavy atom. The molecule has 0 saturated heterocycles. The summed E-state index contributed by atoms with van der Waals surface area (Å²) in [6.45, 7) is 6.03. The van der Waals surface area contributed by atoms with Gasteiger partial charge in [0, 0.05) is 62.0 Å². The maximum atomic E-state index is 14.4. The fourth-order valence-electron chi connectivity index (χ4n) is 8.15. The largest absolute Gasteiger partial charge is 0.751 e. The summed E-state index contributed by atoms with van der Waals surface area (Å²) in [6.07, 6.45) is 0. The minimum Gasteiger partial charge on any atom is -0.508 e. The minimum absolute atomic E-state index is 0.284. The van der Waals surface area contributed by atoms with Crippen molar-refractivity contribution >= 4 is 72.6 Å². The molecule has 0 aliphatic heterocycles. The second-order valence-electron chi connectivity index (χ2n) is 12.3. The molecular formula is C42H32BFN2O2. The van der Waals surface area contributed by atoms with Gasteiger partial charge in [-0.15, -0.1) is 0 Å². The summed E-state index contributed by atoms with van der Waals surface area (Å²) < 4.78 is 24.8. The van der Waals surface area contributed by atoms with Gasteiger partial charge >= 0.3 is 7.40 Å². The smallest absolute Gasteiger partial charge is 0.508 e. The van der Waals surface area contributed by atoms with Gasteiger partial charge in [-0.2, -0.15) is 0 Å². The lowest BCUT2D eigenvalue weighted by molar-refractivity contribution is 0.350. The summed E-state index contributed by atoms with van der Waals surface area (Å²) in [5, 5.41) is 19.0. The zero-order valence-corrected chi connectivity index (χ0v) is 26.7. The van der Waals surface area contributed by atoms with E-state index in [1.807, 2.05) is 12.1 Å². The molecule has 0 atom stereocenters. The van der Waals surface area contributed by atoms with Crippen LogP contribution in [0.1, 0.15) is 13.8 Å². The molecule has 6 heteroatoms. The number of fused-ring (bicyclic) bond motifs is 10. The highest BCUT2D eigenvalue weighted by Gasteiger charge is 2.25.